The molecule has 1 aliphatic carbocycles. The van der Waals surface area contributed by atoms with Crippen molar-refractivity contribution in [2.75, 3.05) is 6.61 Å². The van der Waals surface area contributed by atoms with Gasteiger partial charge in [0.2, 0.25) is 0 Å². The summed E-state index contributed by atoms with van der Waals surface area (Å²) < 4.78 is 17.9. The second-order valence-electron chi connectivity index (χ2n) is 3.84. The lowest BCUT2D eigenvalue weighted by Crippen LogP contribution is -2.25. The van der Waals surface area contributed by atoms with Crippen molar-refractivity contribution < 1.29 is 14.2 Å². The lowest BCUT2D eigenvalue weighted by atomic mass is 10.1. The third-order valence-electron chi connectivity index (χ3n) is 1.62. The molecule has 1 rings (SSSR count). The predicted octanol–water partition coefficient (Wildman–Crippen LogP) is 2.31. The summed E-state index contributed by atoms with van der Waals surface area (Å²) in [6.07, 6.45) is 4.32. The van der Waals surface area contributed by atoms with Gasteiger partial charge in [0.1, 0.15) is 18.2 Å². The number of hydrogen-bond acceptors (Lipinski definition) is 2. The van der Waals surface area contributed by atoms with E-state index < -0.39 is 5.60 Å². The van der Waals surface area contributed by atoms with Crippen LogP contribution in [0.25, 0.3) is 0 Å². The third-order valence-corrected chi connectivity index (χ3v) is 1.62. The molecule has 0 heterocycles. The normalized spacial score (nSPS) is 17.8. The molecule has 0 fully saturated rings. The van der Waals surface area contributed by atoms with Gasteiger partial charge in [-0.3, -0.25) is 0 Å². The summed E-state index contributed by atoms with van der Waals surface area (Å²) in [5.74, 6) is 0.360. The van der Waals surface area contributed by atoms with Gasteiger partial charge in [0.05, 0.1) is 5.60 Å². The Morgan fingerprint density at radius 2 is 2.31 bits per heavy atom. The van der Waals surface area contributed by atoms with E-state index >= 15 is 0 Å². The fourth-order valence-electron chi connectivity index (χ4n) is 0.998. The predicted molar refractivity (Wildman–Crippen MR) is 48.8 cm³/mol. The van der Waals surface area contributed by atoms with Crippen LogP contribution in [0.1, 0.15) is 26.7 Å². The van der Waals surface area contributed by atoms with Gasteiger partial charge in [-0.25, -0.2) is 4.39 Å². The van der Waals surface area contributed by atoms with Crippen molar-refractivity contribution >= 4 is 0 Å². The average molecular weight is 186 g/mol. The zero-order valence-corrected chi connectivity index (χ0v) is 8.01. The van der Waals surface area contributed by atoms with Crippen molar-refractivity contribution in [1.82, 2.24) is 0 Å². The summed E-state index contributed by atoms with van der Waals surface area (Å²) in [4.78, 5) is 0. The van der Waals surface area contributed by atoms with Crippen molar-refractivity contribution in [1.29, 1.82) is 0 Å². The smallest absolute Gasteiger partial charge is 0.118 e. The maximum Gasteiger partial charge on any atom is 0.118 e. The van der Waals surface area contributed by atoms with E-state index in [1.807, 2.05) is 6.08 Å². The lowest BCUT2D eigenvalue weighted by Gasteiger charge is -2.19. The molecule has 0 spiro atoms. The Morgan fingerprint density at radius 3 is 2.85 bits per heavy atom. The molecule has 3 heteroatoms. The number of hydrogen-bond donors (Lipinski definition) is 1. The largest absolute Gasteiger partial charge is 0.491 e. The highest BCUT2D eigenvalue weighted by Crippen LogP contribution is 2.19. The monoisotopic (exact) mass is 186 g/mol. The maximum atomic E-state index is 12.7. The molecule has 2 nitrogen and oxygen atoms in total. The SMILES string of the molecule is CC(C)(O)COC1=CCCC(F)=C1. The van der Waals surface area contributed by atoms with Gasteiger partial charge in [-0.2, -0.15) is 0 Å². The first kappa shape index (κ1) is 10.3. The molecule has 0 amide bonds. The lowest BCUT2D eigenvalue weighted by molar-refractivity contribution is 0.00522. The van der Waals surface area contributed by atoms with Crippen molar-refractivity contribution in [2.45, 2.75) is 32.3 Å². The molecule has 0 unspecified atom stereocenters. The summed E-state index contributed by atoms with van der Waals surface area (Å²) in [7, 11) is 0. The first-order chi connectivity index (χ1) is 5.97. The minimum atomic E-state index is -0.872. The average Bonchev–Trinajstić information content (AvgIpc) is 2.00. The molecule has 0 aromatic carbocycles. The quantitative estimate of drug-likeness (QED) is 0.732. The number of halogens is 1. The van der Waals surface area contributed by atoms with Gasteiger partial charge < -0.3 is 9.84 Å². The van der Waals surface area contributed by atoms with E-state index in [0.717, 1.165) is 0 Å². The molecule has 74 valence electrons. The molecule has 1 N–H and O–H groups in total. The molecular formula is C10H15FO2. The number of ether oxygens (including phenoxy) is 1. The Labute approximate surface area is 77.7 Å². The summed E-state index contributed by atoms with van der Waals surface area (Å²) in [6, 6.07) is 0. The van der Waals surface area contributed by atoms with E-state index in [4.69, 9.17) is 4.74 Å². The van der Waals surface area contributed by atoms with Gasteiger partial charge in [0.15, 0.2) is 0 Å². The molecular weight excluding hydrogens is 171 g/mol. The van der Waals surface area contributed by atoms with Crippen molar-refractivity contribution in [3.05, 3.63) is 23.7 Å². The Balaban J connectivity index is 2.42. The van der Waals surface area contributed by atoms with E-state index in [1.165, 1.54) is 6.08 Å². The number of aliphatic hydroxyl groups is 1. The van der Waals surface area contributed by atoms with Gasteiger partial charge >= 0.3 is 0 Å². The highest BCUT2D eigenvalue weighted by molar-refractivity contribution is 5.19. The standard InChI is InChI=1S/C10H15FO2/c1-10(2,12)7-13-9-5-3-4-8(11)6-9/h5-6,12H,3-4,7H2,1-2H3. The van der Waals surface area contributed by atoms with Gasteiger partial charge in [-0.05, 0) is 26.3 Å². The Bertz CT molecular complexity index is 236. The van der Waals surface area contributed by atoms with Crippen molar-refractivity contribution in [3.63, 3.8) is 0 Å². The van der Waals surface area contributed by atoms with Gasteiger partial charge in [0, 0.05) is 12.5 Å². The molecule has 1 aliphatic rings. The van der Waals surface area contributed by atoms with E-state index in [2.05, 4.69) is 0 Å². The van der Waals surface area contributed by atoms with Crippen LogP contribution >= 0.6 is 0 Å². The van der Waals surface area contributed by atoms with E-state index in [1.54, 1.807) is 13.8 Å². The Hall–Kier alpha value is -0.830. The van der Waals surface area contributed by atoms with Crippen LogP contribution in [0.5, 0.6) is 0 Å². The summed E-state index contributed by atoms with van der Waals surface area (Å²) >= 11 is 0. The second-order valence-corrected chi connectivity index (χ2v) is 3.84. The van der Waals surface area contributed by atoms with Gasteiger partial charge in [0.25, 0.3) is 0 Å². The Morgan fingerprint density at radius 1 is 1.62 bits per heavy atom. The molecule has 0 aromatic heterocycles. The van der Waals surface area contributed by atoms with Crippen LogP contribution in [-0.4, -0.2) is 17.3 Å². The minimum Gasteiger partial charge on any atom is -0.491 e. The first-order valence-electron chi connectivity index (χ1n) is 4.39. The minimum absolute atomic E-state index is 0.159. The van der Waals surface area contributed by atoms with Crippen LogP contribution in [0.15, 0.2) is 23.7 Å². The summed E-state index contributed by atoms with van der Waals surface area (Å²) in [5, 5.41) is 9.35. The van der Waals surface area contributed by atoms with Gasteiger partial charge in [-0.15, -0.1) is 0 Å². The summed E-state index contributed by atoms with van der Waals surface area (Å²) in [5.41, 5.74) is -0.872. The maximum absolute atomic E-state index is 12.7. The zero-order chi connectivity index (χ0) is 9.90. The van der Waals surface area contributed by atoms with Crippen LogP contribution in [0.3, 0.4) is 0 Å². The van der Waals surface area contributed by atoms with E-state index in [-0.39, 0.29) is 12.4 Å². The highest BCUT2D eigenvalue weighted by atomic mass is 19.1. The van der Waals surface area contributed by atoms with Crippen molar-refractivity contribution in [3.8, 4) is 0 Å². The third kappa shape index (κ3) is 4.08. The van der Waals surface area contributed by atoms with Crippen LogP contribution in [-0.2, 0) is 4.74 Å². The zero-order valence-electron chi connectivity index (χ0n) is 8.01. The number of allylic oxidation sites excluding steroid dienone is 3. The van der Waals surface area contributed by atoms with E-state index in [9.17, 15) is 9.50 Å². The van der Waals surface area contributed by atoms with Crippen LogP contribution < -0.4 is 0 Å². The van der Waals surface area contributed by atoms with Crippen LogP contribution in [0.4, 0.5) is 4.39 Å². The molecule has 13 heavy (non-hydrogen) atoms. The van der Waals surface area contributed by atoms with Gasteiger partial charge in [-0.1, -0.05) is 0 Å². The van der Waals surface area contributed by atoms with Crippen LogP contribution in [0.2, 0.25) is 0 Å². The molecule has 0 bridgehead atoms. The topological polar surface area (TPSA) is 29.5 Å². The second kappa shape index (κ2) is 3.92. The molecule has 0 aliphatic heterocycles. The fourth-order valence-corrected chi connectivity index (χ4v) is 0.998. The Kier molecular flexibility index (Phi) is 3.09. The molecule has 0 aromatic rings. The van der Waals surface area contributed by atoms with Crippen molar-refractivity contribution in [2.24, 2.45) is 0 Å². The van der Waals surface area contributed by atoms with Crippen LogP contribution in [0, 0.1) is 0 Å². The highest BCUT2D eigenvalue weighted by Gasteiger charge is 2.14. The molecule has 0 atom stereocenters. The fraction of sp³-hybridized carbons (Fsp3) is 0.600. The molecule has 0 saturated carbocycles. The molecule has 0 radical (unpaired) electrons. The van der Waals surface area contributed by atoms with E-state index in [0.29, 0.717) is 18.6 Å². The first-order valence-corrected chi connectivity index (χ1v) is 4.39. The summed E-state index contributed by atoms with van der Waals surface area (Å²) in [6.45, 7) is 3.48. The number of rotatable bonds is 3. The molecule has 0 saturated heterocycles.